The Morgan fingerprint density at radius 3 is 2.45 bits per heavy atom. The predicted octanol–water partition coefficient (Wildman–Crippen LogP) is -0.360. The van der Waals surface area contributed by atoms with E-state index in [0.717, 1.165) is 24.5 Å². The van der Waals surface area contributed by atoms with Gasteiger partial charge in [-0.15, -0.1) is 0 Å². The molecule has 10 heteroatoms. The van der Waals surface area contributed by atoms with E-state index in [1.807, 2.05) is 0 Å². The molecule has 0 radical (unpaired) electrons. The maximum Gasteiger partial charge on any atom is 0.338 e. The Morgan fingerprint density at radius 2 is 2.00 bits per heavy atom. The monoisotopic (exact) mass is 302 g/mol. The molecular formula is C10H10N2O7S. The number of nitrogens with two attached hydrogens (primary N) is 1. The quantitative estimate of drug-likeness (QED) is 0.443. The van der Waals surface area contributed by atoms with Crippen molar-refractivity contribution in [3.8, 4) is 0 Å². The second kappa shape index (κ2) is 5.65. The SMILES string of the molecule is CS(=O)(=O)c1ccc(C(=O)OCC(N)=O)cc1[N+](=O)[O-]. The zero-order chi connectivity index (χ0) is 15.5. The van der Waals surface area contributed by atoms with Crippen LogP contribution in [0.5, 0.6) is 0 Å². The summed E-state index contributed by atoms with van der Waals surface area (Å²) in [6.07, 6.45) is 0.806. The van der Waals surface area contributed by atoms with Crippen LogP contribution in [0.4, 0.5) is 5.69 Å². The van der Waals surface area contributed by atoms with Crippen molar-refractivity contribution in [2.24, 2.45) is 5.73 Å². The van der Waals surface area contributed by atoms with E-state index < -0.39 is 43.8 Å². The molecule has 0 saturated carbocycles. The zero-order valence-electron chi connectivity index (χ0n) is 10.2. The lowest BCUT2D eigenvalue weighted by atomic mass is 10.2. The maximum absolute atomic E-state index is 11.5. The van der Waals surface area contributed by atoms with E-state index in [1.54, 1.807) is 0 Å². The lowest BCUT2D eigenvalue weighted by Gasteiger charge is -2.04. The van der Waals surface area contributed by atoms with Crippen LogP contribution in [0.25, 0.3) is 0 Å². The molecular weight excluding hydrogens is 292 g/mol. The molecule has 1 aromatic rings. The van der Waals surface area contributed by atoms with Crippen molar-refractivity contribution >= 4 is 27.4 Å². The predicted molar refractivity (Wildman–Crippen MR) is 65.7 cm³/mol. The molecule has 0 aliphatic carbocycles. The molecule has 0 bridgehead atoms. The third kappa shape index (κ3) is 3.75. The van der Waals surface area contributed by atoms with Gasteiger partial charge in [-0.05, 0) is 12.1 Å². The van der Waals surface area contributed by atoms with Crippen LogP contribution in [0.1, 0.15) is 10.4 Å². The van der Waals surface area contributed by atoms with Crippen molar-refractivity contribution in [3.05, 3.63) is 33.9 Å². The summed E-state index contributed by atoms with van der Waals surface area (Å²) in [5.74, 6) is -1.91. The van der Waals surface area contributed by atoms with Gasteiger partial charge in [-0.25, -0.2) is 13.2 Å². The van der Waals surface area contributed by atoms with Gasteiger partial charge >= 0.3 is 5.97 Å². The number of nitrogens with zero attached hydrogens (tertiary/aromatic N) is 1. The third-order valence-electron chi connectivity index (χ3n) is 2.14. The molecule has 9 nitrogen and oxygen atoms in total. The minimum absolute atomic E-state index is 0.259. The number of primary amides is 1. The van der Waals surface area contributed by atoms with Crippen molar-refractivity contribution in [1.29, 1.82) is 0 Å². The van der Waals surface area contributed by atoms with E-state index in [1.165, 1.54) is 0 Å². The number of benzene rings is 1. The Labute approximate surface area is 113 Å². The van der Waals surface area contributed by atoms with Crippen LogP contribution in [0.3, 0.4) is 0 Å². The summed E-state index contributed by atoms with van der Waals surface area (Å²) in [5, 5.41) is 10.8. The molecule has 108 valence electrons. The number of nitro groups is 1. The van der Waals surface area contributed by atoms with E-state index in [0.29, 0.717) is 0 Å². The van der Waals surface area contributed by atoms with E-state index in [9.17, 15) is 28.1 Å². The van der Waals surface area contributed by atoms with E-state index in [-0.39, 0.29) is 5.56 Å². The highest BCUT2D eigenvalue weighted by atomic mass is 32.2. The number of hydrogen-bond acceptors (Lipinski definition) is 7. The first-order valence-electron chi connectivity index (χ1n) is 5.07. The molecule has 1 aromatic carbocycles. The third-order valence-corrected chi connectivity index (χ3v) is 3.28. The second-order valence-electron chi connectivity index (χ2n) is 3.75. The number of esters is 1. The number of hydrogen-bond donors (Lipinski definition) is 1. The van der Waals surface area contributed by atoms with Gasteiger partial charge in [-0.2, -0.15) is 0 Å². The molecule has 1 amide bonds. The average Bonchev–Trinajstić information content (AvgIpc) is 2.33. The maximum atomic E-state index is 11.5. The van der Waals surface area contributed by atoms with Gasteiger partial charge in [0.2, 0.25) is 0 Å². The van der Waals surface area contributed by atoms with Gasteiger partial charge in [0.05, 0.1) is 10.5 Å². The Bertz CT molecular complexity index is 681. The van der Waals surface area contributed by atoms with Gasteiger partial charge < -0.3 is 10.5 Å². The Kier molecular flexibility index (Phi) is 4.40. The number of nitro benzene ring substituents is 1. The first-order valence-corrected chi connectivity index (χ1v) is 6.96. The molecule has 0 fully saturated rings. The summed E-state index contributed by atoms with van der Waals surface area (Å²) < 4.78 is 27.2. The highest BCUT2D eigenvalue weighted by molar-refractivity contribution is 7.90. The topological polar surface area (TPSA) is 147 Å². The first kappa shape index (κ1) is 15.6. The summed E-state index contributed by atoms with van der Waals surface area (Å²) >= 11 is 0. The molecule has 0 aliphatic heterocycles. The van der Waals surface area contributed by atoms with Crippen LogP contribution < -0.4 is 5.73 Å². The minimum Gasteiger partial charge on any atom is -0.452 e. The van der Waals surface area contributed by atoms with E-state index >= 15 is 0 Å². The first-order chi connectivity index (χ1) is 9.12. The summed E-state index contributed by atoms with van der Waals surface area (Å²) in [5.41, 5.74) is 3.77. The van der Waals surface area contributed by atoms with Gasteiger partial charge in [0.15, 0.2) is 16.4 Å². The number of rotatable bonds is 5. The number of ether oxygens (including phenoxy) is 1. The number of sulfone groups is 1. The van der Waals surface area contributed by atoms with E-state index in [2.05, 4.69) is 4.74 Å². The fraction of sp³-hybridized carbons (Fsp3) is 0.200. The second-order valence-corrected chi connectivity index (χ2v) is 5.74. The summed E-state index contributed by atoms with van der Waals surface area (Å²) in [4.78, 5) is 31.3. The Hall–Kier alpha value is -2.49. The molecule has 20 heavy (non-hydrogen) atoms. The van der Waals surface area contributed by atoms with Gasteiger partial charge in [0.25, 0.3) is 11.6 Å². The van der Waals surface area contributed by atoms with Gasteiger partial charge in [0, 0.05) is 12.3 Å². The standard InChI is InChI=1S/C10H10N2O7S/c1-20(17,18)8-3-2-6(4-7(8)12(15)16)10(14)19-5-9(11)13/h2-4H,5H2,1H3,(H2,11,13). The lowest BCUT2D eigenvalue weighted by molar-refractivity contribution is -0.387. The molecule has 0 unspecified atom stereocenters. The molecule has 0 heterocycles. The van der Waals surface area contributed by atoms with Crippen molar-refractivity contribution in [2.45, 2.75) is 4.90 Å². The average molecular weight is 302 g/mol. The van der Waals surface area contributed by atoms with Crippen molar-refractivity contribution in [1.82, 2.24) is 0 Å². The summed E-state index contributed by atoms with van der Waals surface area (Å²) in [6, 6.07) is 2.74. The molecule has 0 aliphatic rings. The Balaban J connectivity index is 3.21. The summed E-state index contributed by atoms with van der Waals surface area (Å²) in [6.45, 7) is -0.680. The van der Waals surface area contributed by atoms with Crippen LogP contribution >= 0.6 is 0 Å². The highest BCUT2D eigenvalue weighted by Gasteiger charge is 2.24. The van der Waals surface area contributed by atoms with Crippen molar-refractivity contribution in [3.63, 3.8) is 0 Å². The van der Waals surface area contributed by atoms with Crippen molar-refractivity contribution in [2.75, 3.05) is 12.9 Å². The fourth-order valence-corrected chi connectivity index (χ4v) is 2.15. The van der Waals surface area contributed by atoms with Crippen LogP contribution in [0, 0.1) is 10.1 Å². The zero-order valence-corrected chi connectivity index (χ0v) is 11.0. The van der Waals surface area contributed by atoms with Gasteiger partial charge in [-0.3, -0.25) is 14.9 Å². The van der Waals surface area contributed by atoms with Gasteiger partial charge in [0.1, 0.15) is 4.90 Å². The normalized spacial score (nSPS) is 10.8. The number of carbonyl (C=O) groups excluding carboxylic acids is 2. The largest absolute Gasteiger partial charge is 0.452 e. The number of carbonyl (C=O) groups is 2. The molecule has 1 rings (SSSR count). The van der Waals surface area contributed by atoms with Crippen LogP contribution in [0.2, 0.25) is 0 Å². The fourth-order valence-electron chi connectivity index (χ4n) is 1.32. The molecule has 0 spiro atoms. The highest BCUT2D eigenvalue weighted by Crippen LogP contribution is 2.25. The Morgan fingerprint density at radius 1 is 1.40 bits per heavy atom. The molecule has 0 aromatic heterocycles. The lowest BCUT2D eigenvalue weighted by Crippen LogP contribution is -2.21. The molecule has 0 saturated heterocycles. The number of amides is 1. The molecule has 2 N–H and O–H groups in total. The van der Waals surface area contributed by atoms with E-state index in [4.69, 9.17) is 5.73 Å². The molecule has 0 atom stereocenters. The van der Waals surface area contributed by atoms with Gasteiger partial charge in [-0.1, -0.05) is 0 Å². The van der Waals surface area contributed by atoms with Crippen LogP contribution in [0.15, 0.2) is 23.1 Å². The summed E-state index contributed by atoms with van der Waals surface area (Å²) in [7, 11) is -3.81. The van der Waals surface area contributed by atoms with Crippen LogP contribution in [-0.4, -0.2) is 38.1 Å². The van der Waals surface area contributed by atoms with Crippen molar-refractivity contribution < 1.29 is 27.7 Å². The smallest absolute Gasteiger partial charge is 0.338 e. The van der Waals surface area contributed by atoms with Crippen LogP contribution in [-0.2, 0) is 19.4 Å². The minimum atomic E-state index is -3.81.